The summed E-state index contributed by atoms with van der Waals surface area (Å²) in [6.45, 7) is 6.24. The van der Waals surface area contributed by atoms with Crippen LogP contribution in [0.1, 0.15) is 26.7 Å². The summed E-state index contributed by atoms with van der Waals surface area (Å²) in [7, 11) is 3.20. The Morgan fingerprint density at radius 3 is 2.75 bits per heavy atom. The number of piperidine rings is 1. The average molecular weight is 229 g/mol. The largest absolute Gasteiger partial charge is 0.469 e. The van der Waals surface area contributed by atoms with Crippen LogP contribution in [0.2, 0.25) is 0 Å². The Morgan fingerprint density at radius 1 is 1.50 bits per heavy atom. The number of ether oxygens (including phenoxy) is 2. The molecule has 16 heavy (non-hydrogen) atoms. The smallest absolute Gasteiger partial charge is 0.307 e. The molecule has 1 heterocycles. The molecule has 0 N–H and O–H groups in total. The van der Waals surface area contributed by atoms with Crippen LogP contribution >= 0.6 is 0 Å². The predicted molar refractivity (Wildman–Crippen MR) is 62.2 cm³/mol. The fourth-order valence-electron chi connectivity index (χ4n) is 2.22. The summed E-state index contributed by atoms with van der Waals surface area (Å²) in [6.07, 6.45) is 1.87. The third-order valence-corrected chi connectivity index (χ3v) is 3.54. The van der Waals surface area contributed by atoms with Gasteiger partial charge in [-0.05, 0) is 25.8 Å². The maximum atomic E-state index is 11.2. The first-order valence-electron chi connectivity index (χ1n) is 5.92. The van der Waals surface area contributed by atoms with E-state index >= 15 is 0 Å². The number of carbonyl (C=O) groups is 1. The molecule has 1 aliphatic heterocycles. The lowest BCUT2D eigenvalue weighted by Gasteiger charge is -2.39. The van der Waals surface area contributed by atoms with Crippen LogP contribution in [-0.4, -0.2) is 50.3 Å². The summed E-state index contributed by atoms with van der Waals surface area (Å²) >= 11 is 0. The van der Waals surface area contributed by atoms with Crippen LogP contribution in [0, 0.1) is 5.92 Å². The lowest BCUT2D eigenvalue weighted by Crippen LogP contribution is -2.48. The van der Waals surface area contributed by atoms with Crippen LogP contribution in [0.5, 0.6) is 0 Å². The van der Waals surface area contributed by atoms with Crippen LogP contribution in [0.3, 0.4) is 0 Å². The summed E-state index contributed by atoms with van der Waals surface area (Å²) in [4.78, 5) is 13.5. The molecular weight excluding hydrogens is 206 g/mol. The van der Waals surface area contributed by atoms with E-state index in [0.717, 1.165) is 19.5 Å². The molecule has 0 aromatic rings. The van der Waals surface area contributed by atoms with Gasteiger partial charge in [-0.15, -0.1) is 0 Å². The van der Waals surface area contributed by atoms with Crippen LogP contribution in [0.25, 0.3) is 0 Å². The molecular formula is C12H23NO3. The highest BCUT2D eigenvalue weighted by Crippen LogP contribution is 2.21. The molecule has 1 rings (SSSR count). The van der Waals surface area contributed by atoms with E-state index in [4.69, 9.17) is 4.74 Å². The van der Waals surface area contributed by atoms with E-state index in [9.17, 15) is 4.79 Å². The minimum atomic E-state index is -0.139. The monoisotopic (exact) mass is 229 g/mol. The van der Waals surface area contributed by atoms with Crippen molar-refractivity contribution < 1.29 is 14.3 Å². The lowest BCUT2D eigenvalue weighted by molar-refractivity contribution is -0.142. The Hall–Kier alpha value is -0.610. The Kier molecular flexibility index (Phi) is 5.22. The third-order valence-electron chi connectivity index (χ3n) is 3.54. The van der Waals surface area contributed by atoms with Gasteiger partial charge < -0.3 is 9.47 Å². The topological polar surface area (TPSA) is 38.8 Å². The molecule has 3 unspecified atom stereocenters. The van der Waals surface area contributed by atoms with Gasteiger partial charge in [0, 0.05) is 19.7 Å². The first kappa shape index (κ1) is 13.5. The number of methoxy groups -OCH3 is 2. The van der Waals surface area contributed by atoms with Gasteiger partial charge in [-0.1, -0.05) is 6.92 Å². The number of esters is 1. The van der Waals surface area contributed by atoms with Gasteiger partial charge in [-0.25, -0.2) is 0 Å². The highest BCUT2D eigenvalue weighted by molar-refractivity contribution is 5.69. The lowest BCUT2D eigenvalue weighted by atomic mass is 9.94. The first-order chi connectivity index (χ1) is 7.58. The Bertz CT molecular complexity index is 232. The molecule has 0 saturated carbocycles. The van der Waals surface area contributed by atoms with Gasteiger partial charge in [0.2, 0.25) is 0 Å². The van der Waals surface area contributed by atoms with Crippen molar-refractivity contribution in [2.45, 2.75) is 38.8 Å². The maximum Gasteiger partial charge on any atom is 0.307 e. The second-order valence-corrected chi connectivity index (χ2v) is 4.66. The number of hydrogen-bond donors (Lipinski definition) is 0. The van der Waals surface area contributed by atoms with E-state index in [0.29, 0.717) is 12.3 Å². The molecule has 0 aromatic heterocycles. The quantitative estimate of drug-likeness (QED) is 0.681. The van der Waals surface area contributed by atoms with Crippen LogP contribution in [0.15, 0.2) is 0 Å². The number of hydrogen-bond acceptors (Lipinski definition) is 4. The molecule has 0 aromatic carbocycles. The second-order valence-electron chi connectivity index (χ2n) is 4.66. The summed E-state index contributed by atoms with van der Waals surface area (Å²) < 4.78 is 10.1. The number of rotatable bonds is 4. The summed E-state index contributed by atoms with van der Waals surface area (Å²) in [5.41, 5.74) is 0. The van der Waals surface area contributed by atoms with Crippen molar-refractivity contribution in [1.29, 1.82) is 0 Å². The molecule has 1 saturated heterocycles. The van der Waals surface area contributed by atoms with Gasteiger partial charge in [0.1, 0.15) is 0 Å². The molecule has 1 fully saturated rings. The molecule has 0 bridgehead atoms. The molecule has 4 nitrogen and oxygen atoms in total. The number of carbonyl (C=O) groups excluding carboxylic acids is 1. The van der Waals surface area contributed by atoms with Crippen molar-refractivity contribution in [1.82, 2.24) is 4.90 Å². The summed E-state index contributed by atoms with van der Waals surface area (Å²) in [5.74, 6) is 0.465. The van der Waals surface area contributed by atoms with Gasteiger partial charge in [-0.2, -0.15) is 0 Å². The van der Waals surface area contributed by atoms with Crippen molar-refractivity contribution in [3.8, 4) is 0 Å². The zero-order chi connectivity index (χ0) is 12.1. The third kappa shape index (κ3) is 3.46. The summed E-state index contributed by atoms with van der Waals surface area (Å²) in [6, 6.07) is 0.234. The minimum absolute atomic E-state index is 0.139. The molecule has 4 heteroatoms. The van der Waals surface area contributed by atoms with Crippen LogP contribution in [-0.2, 0) is 14.3 Å². The van der Waals surface area contributed by atoms with Gasteiger partial charge in [0.15, 0.2) is 0 Å². The molecule has 0 radical (unpaired) electrons. The average Bonchev–Trinajstić information content (AvgIpc) is 2.29. The highest BCUT2D eigenvalue weighted by atomic mass is 16.5. The zero-order valence-electron chi connectivity index (χ0n) is 10.7. The van der Waals surface area contributed by atoms with E-state index in [1.807, 2.05) is 0 Å². The van der Waals surface area contributed by atoms with E-state index in [2.05, 4.69) is 23.5 Å². The summed E-state index contributed by atoms with van der Waals surface area (Å²) in [5, 5.41) is 0. The molecule has 3 atom stereocenters. The van der Waals surface area contributed by atoms with E-state index in [-0.39, 0.29) is 18.1 Å². The maximum absolute atomic E-state index is 11.2. The SMILES string of the molecule is COC(=O)CC(C)N1CCC(C)C(OC)C1. The van der Waals surface area contributed by atoms with Crippen molar-refractivity contribution in [3.05, 3.63) is 0 Å². The molecule has 0 amide bonds. The first-order valence-corrected chi connectivity index (χ1v) is 5.92. The Morgan fingerprint density at radius 2 is 2.19 bits per heavy atom. The minimum Gasteiger partial charge on any atom is -0.469 e. The highest BCUT2D eigenvalue weighted by Gasteiger charge is 2.29. The van der Waals surface area contributed by atoms with Crippen molar-refractivity contribution in [2.24, 2.45) is 5.92 Å². The second kappa shape index (κ2) is 6.21. The van der Waals surface area contributed by atoms with Gasteiger partial charge in [0.05, 0.1) is 19.6 Å². The van der Waals surface area contributed by atoms with E-state index < -0.39 is 0 Å². The standard InChI is InChI=1S/C12H23NO3/c1-9-5-6-13(8-11(9)15-3)10(2)7-12(14)16-4/h9-11H,5-8H2,1-4H3. The number of likely N-dealkylation sites (tertiary alicyclic amines) is 1. The normalized spacial score (nSPS) is 28.8. The van der Waals surface area contributed by atoms with E-state index in [1.54, 1.807) is 7.11 Å². The Labute approximate surface area is 97.9 Å². The van der Waals surface area contributed by atoms with Gasteiger partial charge in [0.25, 0.3) is 0 Å². The molecule has 0 spiro atoms. The van der Waals surface area contributed by atoms with E-state index in [1.165, 1.54) is 7.11 Å². The van der Waals surface area contributed by atoms with Gasteiger partial charge in [-0.3, -0.25) is 9.69 Å². The zero-order valence-corrected chi connectivity index (χ0v) is 10.7. The van der Waals surface area contributed by atoms with Crippen molar-refractivity contribution in [2.75, 3.05) is 27.3 Å². The van der Waals surface area contributed by atoms with Crippen molar-refractivity contribution >= 4 is 5.97 Å². The predicted octanol–water partition coefficient (Wildman–Crippen LogP) is 1.29. The van der Waals surface area contributed by atoms with Crippen LogP contribution in [0.4, 0.5) is 0 Å². The molecule has 0 aliphatic carbocycles. The van der Waals surface area contributed by atoms with Crippen molar-refractivity contribution in [3.63, 3.8) is 0 Å². The Balaban J connectivity index is 2.45. The molecule has 1 aliphatic rings. The fraction of sp³-hybridized carbons (Fsp3) is 0.917. The van der Waals surface area contributed by atoms with Gasteiger partial charge >= 0.3 is 5.97 Å². The number of nitrogens with zero attached hydrogens (tertiary/aromatic N) is 1. The van der Waals surface area contributed by atoms with Crippen LogP contribution < -0.4 is 0 Å². The molecule has 94 valence electrons. The fourth-order valence-corrected chi connectivity index (χ4v) is 2.22.